The van der Waals surface area contributed by atoms with Gasteiger partial charge >= 0.3 is 0 Å². The van der Waals surface area contributed by atoms with Crippen molar-refractivity contribution in [3.05, 3.63) is 0 Å². The summed E-state index contributed by atoms with van der Waals surface area (Å²) in [6, 6.07) is 0. The lowest BCUT2D eigenvalue weighted by molar-refractivity contribution is -0.124. The van der Waals surface area contributed by atoms with Crippen molar-refractivity contribution < 1.29 is 19.3 Å². The first kappa shape index (κ1) is 9.40. The van der Waals surface area contributed by atoms with Crippen molar-refractivity contribution in [2.45, 2.75) is 25.2 Å². The number of aliphatic hydroxyl groups is 1. The van der Waals surface area contributed by atoms with Gasteiger partial charge < -0.3 is 19.3 Å². The molecule has 0 aromatic rings. The first-order valence-electron chi connectivity index (χ1n) is 4.86. The van der Waals surface area contributed by atoms with Crippen LogP contribution in [0, 0.1) is 5.92 Å². The zero-order valence-corrected chi connectivity index (χ0v) is 7.65. The van der Waals surface area contributed by atoms with Gasteiger partial charge in [0.15, 0.2) is 6.29 Å². The minimum absolute atomic E-state index is 0.0553. The summed E-state index contributed by atoms with van der Waals surface area (Å²) in [6.07, 6.45) is 1.78. The van der Waals surface area contributed by atoms with Gasteiger partial charge in [-0.05, 0) is 12.8 Å². The number of hydrogen-bond acceptors (Lipinski definition) is 4. The Labute approximate surface area is 77.8 Å². The SMILES string of the molecule is OCC1COC(C2CCOCC2)O1. The Balaban J connectivity index is 1.80. The molecule has 0 aromatic heterocycles. The lowest BCUT2D eigenvalue weighted by Gasteiger charge is -2.26. The number of rotatable bonds is 2. The Hall–Kier alpha value is -0.160. The summed E-state index contributed by atoms with van der Waals surface area (Å²) in [4.78, 5) is 0. The van der Waals surface area contributed by atoms with Gasteiger partial charge in [0, 0.05) is 19.1 Å². The Kier molecular flexibility index (Phi) is 3.16. The highest BCUT2D eigenvalue weighted by molar-refractivity contribution is 4.73. The lowest BCUT2D eigenvalue weighted by atomic mass is 10.00. The fraction of sp³-hybridized carbons (Fsp3) is 1.00. The smallest absolute Gasteiger partial charge is 0.161 e. The molecule has 2 heterocycles. The quantitative estimate of drug-likeness (QED) is 0.670. The highest BCUT2D eigenvalue weighted by Crippen LogP contribution is 2.26. The fourth-order valence-electron chi connectivity index (χ4n) is 1.80. The van der Waals surface area contributed by atoms with Crippen LogP contribution in [0.3, 0.4) is 0 Å². The van der Waals surface area contributed by atoms with Crippen LogP contribution in [0.5, 0.6) is 0 Å². The topological polar surface area (TPSA) is 47.9 Å². The molecule has 76 valence electrons. The molecule has 0 saturated carbocycles. The van der Waals surface area contributed by atoms with Gasteiger partial charge in [-0.15, -0.1) is 0 Å². The van der Waals surface area contributed by atoms with Crippen LogP contribution < -0.4 is 0 Å². The third-order valence-electron chi connectivity index (χ3n) is 2.63. The predicted molar refractivity (Wildman–Crippen MR) is 45.2 cm³/mol. The average Bonchev–Trinajstić information content (AvgIpc) is 2.67. The van der Waals surface area contributed by atoms with E-state index >= 15 is 0 Å². The van der Waals surface area contributed by atoms with Crippen LogP contribution in [0.25, 0.3) is 0 Å². The Morgan fingerprint density at radius 2 is 2.00 bits per heavy atom. The van der Waals surface area contributed by atoms with Crippen LogP contribution >= 0.6 is 0 Å². The third-order valence-corrected chi connectivity index (χ3v) is 2.63. The molecule has 2 unspecified atom stereocenters. The van der Waals surface area contributed by atoms with Gasteiger partial charge in [-0.3, -0.25) is 0 Å². The van der Waals surface area contributed by atoms with E-state index in [9.17, 15) is 0 Å². The molecule has 0 aromatic carbocycles. The van der Waals surface area contributed by atoms with Gasteiger partial charge in [-0.1, -0.05) is 0 Å². The molecule has 0 bridgehead atoms. The van der Waals surface area contributed by atoms with Crippen molar-refractivity contribution in [1.29, 1.82) is 0 Å². The standard InChI is InChI=1S/C9H16O4/c10-5-8-6-12-9(13-8)7-1-3-11-4-2-7/h7-10H,1-6H2. The molecular weight excluding hydrogens is 172 g/mol. The second-order valence-corrected chi connectivity index (χ2v) is 3.59. The summed E-state index contributed by atoms with van der Waals surface area (Å²) in [7, 11) is 0. The van der Waals surface area contributed by atoms with Gasteiger partial charge in [0.05, 0.1) is 13.2 Å². The largest absolute Gasteiger partial charge is 0.394 e. The summed E-state index contributed by atoms with van der Waals surface area (Å²) >= 11 is 0. The fourth-order valence-corrected chi connectivity index (χ4v) is 1.80. The molecule has 1 N–H and O–H groups in total. The third kappa shape index (κ3) is 2.20. The molecule has 0 spiro atoms. The summed E-state index contributed by atoms with van der Waals surface area (Å²) in [6.45, 7) is 2.19. The van der Waals surface area contributed by atoms with Gasteiger partial charge in [-0.25, -0.2) is 0 Å². The Bertz CT molecular complexity index is 156. The number of hydrogen-bond donors (Lipinski definition) is 1. The molecular formula is C9H16O4. The zero-order valence-electron chi connectivity index (χ0n) is 7.65. The minimum atomic E-state index is -0.118. The molecule has 2 aliphatic heterocycles. The highest BCUT2D eigenvalue weighted by Gasteiger charge is 2.33. The summed E-state index contributed by atoms with van der Waals surface area (Å²) in [5.41, 5.74) is 0. The van der Waals surface area contributed by atoms with Crippen LogP contribution in [-0.4, -0.2) is 43.9 Å². The molecule has 0 amide bonds. The second kappa shape index (κ2) is 4.37. The van der Waals surface area contributed by atoms with Crippen molar-refractivity contribution in [3.8, 4) is 0 Å². The van der Waals surface area contributed by atoms with Crippen molar-refractivity contribution in [2.75, 3.05) is 26.4 Å². The van der Waals surface area contributed by atoms with E-state index in [2.05, 4.69) is 0 Å². The van der Waals surface area contributed by atoms with Crippen molar-refractivity contribution >= 4 is 0 Å². The highest BCUT2D eigenvalue weighted by atomic mass is 16.7. The molecule has 13 heavy (non-hydrogen) atoms. The van der Waals surface area contributed by atoms with Crippen LogP contribution in [0.4, 0.5) is 0 Å². The van der Waals surface area contributed by atoms with E-state index in [4.69, 9.17) is 19.3 Å². The van der Waals surface area contributed by atoms with E-state index in [0.29, 0.717) is 12.5 Å². The molecule has 2 rings (SSSR count). The monoisotopic (exact) mass is 188 g/mol. The summed E-state index contributed by atoms with van der Waals surface area (Å²) < 4.78 is 16.2. The second-order valence-electron chi connectivity index (χ2n) is 3.59. The lowest BCUT2D eigenvalue weighted by Crippen LogP contribution is -2.29. The first-order valence-corrected chi connectivity index (χ1v) is 4.86. The normalized spacial score (nSPS) is 36.7. The molecule has 2 aliphatic rings. The molecule has 0 radical (unpaired) electrons. The zero-order chi connectivity index (χ0) is 9.10. The van der Waals surface area contributed by atoms with Gasteiger partial charge in [0.2, 0.25) is 0 Å². The van der Waals surface area contributed by atoms with Crippen LogP contribution in [0.15, 0.2) is 0 Å². The molecule has 2 atom stereocenters. The Morgan fingerprint density at radius 1 is 1.23 bits per heavy atom. The van der Waals surface area contributed by atoms with E-state index in [1.807, 2.05) is 0 Å². The van der Waals surface area contributed by atoms with E-state index in [-0.39, 0.29) is 19.0 Å². The molecule has 0 aliphatic carbocycles. The summed E-state index contributed by atoms with van der Waals surface area (Å²) in [5.74, 6) is 0.449. The predicted octanol–water partition coefficient (Wildman–Crippen LogP) is 0.147. The molecule has 2 saturated heterocycles. The first-order chi connectivity index (χ1) is 6.40. The maximum Gasteiger partial charge on any atom is 0.161 e. The molecule has 4 heteroatoms. The van der Waals surface area contributed by atoms with E-state index in [1.54, 1.807) is 0 Å². The number of aliphatic hydroxyl groups excluding tert-OH is 1. The van der Waals surface area contributed by atoms with Crippen molar-refractivity contribution in [1.82, 2.24) is 0 Å². The molecule has 2 fully saturated rings. The van der Waals surface area contributed by atoms with E-state index in [0.717, 1.165) is 26.1 Å². The minimum Gasteiger partial charge on any atom is -0.394 e. The Morgan fingerprint density at radius 3 is 2.62 bits per heavy atom. The average molecular weight is 188 g/mol. The van der Waals surface area contributed by atoms with E-state index in [1.165, 1.54) is 0 Å². The van der Waals surface area contributed by atoms with Crippen molar-refractivity contribution in [2.24, 2.45) is 5.92 Å². The van der Waals surface area contributed by atoms with Crippen LogP contribution in [0.1, 0.15) is 12.8 Å². The maximum absolute atomic E-state index is 8.85. The van der Waals surface area contributed by atoms with Gasteiger partial charge in [0.1, 0.15) is 6.10 Å². The van der Waals surface area contributed by atoms with Gasteiger partial charge in [-0.2, -0.15) is 0 Å². The van der Waals surface area contributed by atoms with E-state index < -0.39 is 0 Å². The van der Waals surface area contributed by atoms with Crippen molar-refractivity contribution in [3.63, 3.8) is 0 Å². The number of ether oxygens (including phenoxy) is 3. The maximum atomic E-state index is 8.85. The summed E-state index contributed by atoms with van der Waals surface area (Å²) in [5, 5.41) is 8.85. The van der Waals surface area contributed by atoms with Crippen LogP contribution in [-0.2, 0) is 14.2 Å². The van der Waals surface area contributed by atoms with Gasteiger partial charge in [0.25, 0.3) is 0 Å². The van der Waals surface area contributed by atoms with Crippen LogP contribution in [0.2, 0.25) is 0 Å². The molecule has 4 nitrogen and oxygen atoms in total.